The molecule has 2 aromatic rings. The van der Waals surface area contributed by atoms with Crippen LogP contribution in [0.3, 0.4) is 0 Å². The number of benzene rings is 1. The summed E-state index contributed by atoms with van der Waals surface area (Å²) in [5.41, 5.74) is 1.99. The van der Waals surface area contributed by atoms with Crippen LogP contribution < -0.4 is 10.1 Å². The summed E-state index contributed by atoms with van der Waals surface area (Å²) < 4.78 is 6.43. The van der Waals surface area contributed by atoms with Gasteiger partial charge >= 0.3 is 0 Å². The summed E-state index contributed by atoms with van der Waals surface area (Å²) in [4.78, 5) is 16.8. The number of nitrogens with zero attached hydrogens (tertiary/aromatic N) is 1. The van der Waals surface area contributed by atoms with Crippen molar-refractivity contribution in [1.82, 2.24) is 4.98 Å². The Morgan fingerprint density at radius 2 is 2.14 bits per heavy atom. The molecule has 0 atom stereocenters. The van der Waals surface area contributed by atoms with Gasteiger partial charge in [-0.3, -0.25) is 4.79 Å². The highest BCUT2D eigenvalue weighted by molar-refractivity contribution is 7.22. The van der Waals surface area contributed by atoms with E-state index in [4.69, 9.17) is 4.74 Å². The lowest BCUT2D eigenvalue weighted by Crippen LogP contribution is -2.18. The van der Waals surface area contributed by atoms with E-state index < -0.39 is 0 Å². The Bertz CT molecular complexity index is 675. The van der Waals surface area contributed by atoms with Crippen LogP contribution in [0.25, 0.3) is 10.2 Å². The SMILES string of the molecule is COc1ccc(C)c2sc(NC(=O)CC3CCCCC3)nc12. The van der Waals surface area contributed by atoms with Crippen molar-refractivity contribution < 1.29 is 9.53 Å². The molecule has 1 aromatic heterocycles. The third kappa shape index (κ3) is 3.24. The van der Waals surface area contributed by atoms with Gasteiger partial charge in [-0.1, -0.05) is 36.7 Å². The molecule has 1 fully saturated rings. The monoisotopic (exact) mass is 318 g/mol. The van der Waals surface area contributed by atoms with E-state index in [1.807, 2.05) is 19.1 Å². The first-order chi connectivity index (χ1) is 10.7. The minimum absolute atomic E-state index is 0.0857. The molecule has 1 N–H and O–H groups in total. The van der Waals surface area contributed by atoms with Crippen LogP contribution in [-0.2, 0) is 4.79 Å². The van der Waals surface area contributed by atoms with Gasteiger partial charge in [0, 0.05) is 6.42 Å². The van der Waals surface area contributed by atoms with Gasteiger partial charge in [0.15, 0.2) is 5.13 Å². The van der Waals surface area contributed by atoms with Crippen molar-refractivity contribution in [2.75, 3.05) is 12.4 Å². The number of thiazole rings is 1. The number of aryl methyl sites for hydroxylation is 1. The number of hydrogen-bond acceptors (Lipinski definition) is 4. The number of ether oxygens (including phenoxy) is 1. The summed E-state index contributed by atoms with van der Waals surface area (Å²) in [6.45, 7) is 2.05. The fraction of sp³-hybridized carbons (Fsp3) is 0.529. The molecule has 1 heterocycles. The van der Waals surface area contributed by atoms with Crippen LogP contribution in [0.2, 0.25) is 0 Å². The summed E-state index contributed by atoms with van der Waals surface area (Å²) in [6, 6.07) is 3.94. The van der Waals surface area contributed by atoms with Crippen molar-refractivity contribution in [2.24, 2.45) is 5.92 Å². The van der Waals surface area contributed by atoms with Gasteiger partial charge < -0.3 is 10.1 Å². The Morgan fingerprint density at radius 1 is 1.36 bits per heavy atom. The fourth-order valence-corrected chi connectivity index (χ4v) is 4.12. The third-order valence-electron chi connectivity index (χ3n) is 4.37. The van der Waals surface area contributed by atoms with Crippen LogP contribution in [0.1, 0.15) is 44.1 Å². The molecule has 0 saturated heterocycles. The molecule has 4 nitrogen and oxygen atoms in total. The van der Waals surface area contributed by atoms with Crippen LogP contribution in [0, 0.1) is 12.8 Å². The van der Waals surface area contributed by atoms with Crippen LogP contribution >= 0.6 is 11.3 Å². The highest BCUT2D eigenvalue weighted by atomic mass is 32.1. The second-order valence-electron chi connectivity index (χ2n) is 6.04. The lowest BCUT2D eigenvalue weighted by molar-refractivity contribution is -0.117. The first-order valence-corrected chi connectivity index (χ1v) is 8.73. The number of carbonyl (C=O) groups excluding carboxylic acids is 1. The number of fused-ring (bicyclic) bond motifs is 1. The number of hydrogen-bond donors (Lipinski definition) is 1. The third-order valence-corrected chi connectivity index (χ3v) is 5.47. The molecule has 0 radical (unpaired) electrons. The zero-order chi connectivity index (χ0) is 15.5. The number of anilines is 1. The van der Waals surface area contributed by atoms with Crippen molar-refractivity contribution in [2.45, 2.75) is 45.4 Å². The van der Waals surface area contributed by atoms with Crippen LogP contribution in [0.15, 0.2) is 12.1 Å². The van der Waals surface area contributed by atoms with Gasteiger partial charge in [0.25, 0.3) is 0 Å². The number of rotatable bonds is 4. The van der Waals surface area contributed by atoms with Crippen LogP contribution in [0.5, 0.6) is 5.75 Å². The Kier molecular flexibility index (Phi) is 4.62. The number of aromatic nitrogens is 1. The zero-order valence-corrected chi connectivity index (χ0v) is 14.0. The molecule has 1 amide bonds. The molecule has 1 aromatic carbocycles. The van der Waals surface area contributed by atoms with E-state index in [2.05, 4.69) is 10.3 Å². The number of nitrogens with one attached hydrogen (secondary N) is 1. The summed E-state index contributed by atoms with van der Waals surface area (Å²) in [5, 5.41) is 3.64. The molecule has 1 saturated carbocycles. The van der Waals surface area contributed by atoms with E-state index in [1.165, 1.54) is 43.4 Å². The van der Waals surface area contributed by atoms with Gasteiger partial charge in [-0.25, -0.2) is 4.98 Å². The molecule has 22 heavy (non-hydrogen) atoms. The summed E-state index contributed by atoms with van der Waals surface area (Å²) in [7, 11) is 1.64. The molecular weight excluding hydrogens is 296 g/mol. The number of carbonyl (C=O) groups is 1. The van der Waals surface area contributed by atoms with E-state index in [0.717, 1.165) is 21.5 Å². The van der Waals surface area contributed by atoms with E-state index >= 15 is 0 Å². The predicted octanol–water partition coefficient (Wildman–Crippen LogP) is 4.52. The van der Waals surface area contributed by atoms with E-state index in [1.54, 1.807) is 7.11 Å². The fourth-order valence-electron chi connectivity index (χ4n) is 3.15. The topological polar surface area (TPSA) is 51.2 Å². The average molecular weight is 318 g/mol. The maximum atomic E-state index is 12.2. The van der Waals surface area contributed by atoms with E-state index in [9.17, 15) is 4.79 Å². The first-order valence-electron chi connectivity index (χ1n) is 7.91. The normalized spacial score (nSPS) is 15.9. The van der Waals surface area contributed by atoms with Gasteiger partial charge in [-0.15, -0.1) is 0 Å². The molecule has 3 rings (SSSR count). The molecule has 1 aliphatic carbocycles. The van der Waals surface area contributed by atoms with Crippen molar-refractivity contribution in [3.63, 3.8) is 0 Å². The number of methoxy groups -OCH3 is 1. The highest BCUT2D eigenvalue weighted by Gasteiger charge is 2.18. The van der Waals surface area contributed by atoms with Gasteiger partial charge in [-0.2, -0.15) is 0 Å². The standard InChI is InChI=1S/C17H22N2O2S/c1-11-8-9-13(21-2)15-16(11)22-17(19-15)18-14(20)10-12-6-4-3-5-7-12/h8-9,12H,3-7,10H2,1-2H3,(H,18,19,20). The van der Waals surface area contributed by atoms with Gasteiger partial charge in [0.05, 0.1) is 11.8 Å². The molecule has 0 bridgehead atoms. The Morgan fingerprint density at radius 3 is 2.86 bits per heavy atom. The second kappa shape index (κ2) is 6.65. The molecule has 1 aliphatic rings. The Labute approximate surface area is 134 Å². The highest BCUT2D eigenvalue weighted by Crippen LogP contribution is 2.35. The van der Waals surface area contributed by atoms with Crippen molar-refractivity contribution in [3.8, 4) is 5.75 Å². The second-order valence-corrected chi connectivity index (χ2v) is 7.04. The van der Waals surface area contributed by atoms with E-state index in [0.29, 0.717) is 17.5 Å². The molecule has 5 heteroatoms. The minimum Gasteiger partial charge on any atom is -0.494 e. The van der Waals surface area contributed by atoms with Crippen molar-refractivity contribution in [1.29, 1.82) is 0 Å². The van der Waals surface area contributed by atoms with Gasteiger partial charge in [-0.05, 0) is 37.3 Å². The van der Waals surface area contributed by atoms with Crippen LogP contribution in [0.4, 0.5) is 5.13 Å². The van der Waals surface area contributed by atoms with Gasteiger partial charge in [0.2, 0.25) is 5.91 Å². The van der Waals surface area contributed by atoms with Crippen molar-refractivity contribution in [3.05, 3.63) is 17.7 Å². The molecule has 0 aliphatic heterocycles. The molecule has 0 unspecified atom stereocenters. The zero-order valence-electron chi connectivity index (χ0n) is 13.1. The summed E-state index contributed by atoms with van der Waals surface area (Å²) in [5.74, 6) is 1.38. The number of amides is 1. The molecular formula is C17H22N2O2S. The van der Waals surface area contributed by atoms with Crippen LogP contribution in [-0.4, -0.2) is 18.0 Å². The van der Waals surface area contributed by atoms with Crippen molar-refractivity contribution >= 4 is 32.6 Å². The predicted molar refractivity (Wildman–Crippen MR) is 90.7 cm³/mol. The first kappa shape index (κ1) is 15.3. The summed E-state index contributed by atoms with van der Waals surface area (Å²) >= 11 is 1.52. The van der Waals surface area contributed by atoms with Gasteiger partial charge in [0.1, 0.15) is 11.3 Å². The average Bonchev–Trinajstić information content (AvgIpc) is 2.93. The smallest absolute Gasteiger partial charge is 0.226 e. The Balaban J connectivity index is 1.73. The largest absolute Gasteiger partial charge is 0.494 e. The molecule has 118 valence electrons. The lowest BCUT2D eigenvalue weighted by Gasteiger charge is -2.20. The molecule has 0 spiro atoms. The lowest BCUT2D eigenvalue weighted by atomic mass is 9.87. The van der Waals surface area contributed by atoms with E-state index in [-0.39, 0.29) is 5.91 Å². The maximum Gasteiger partial charge on any atom is 0.226 e. The quantitative estimate of drug-likeness (QED) is 0.901. The summed E-state index contributed by atoms with van der Waals surface area (Å²) in [6.07, 6.45) is 6.81. The Hall–Kier alpha value is -1.62. The maximum absolute atomic E-state index is 12.2. The minimum atomic E-state index is 0.0857.